The Kier molecular flexibility index (Phi) is 4.80. The fourth-order valence-electron chi connectivity index (χ4n) is 1.37. The summed E-state index contributed by atoms with van der Waals surface area (Å²) in [6.45, 7) is -0.101. The number of nitrogens with two attached hydrogens (primary N) is 1. The Morgan fingerprint density at radius 3 is 2.58 bits per heavy atom. The van der Waals surface area contributed by atoms with E-state index in [0.29, 0.717) is 0 Å². The van der Waals surface area contributed by atoms with Gasteiger partial charge in [-0.15, -0.1) is 0 Å². The maximum atomic E-state index is 12.4. The quantitative estimate of drug-likeness (QED) is 0.683. The summed E-state index contributed by atoms with van der Waals surface area (Å²) >= 11 is -0.446. The van der Waals surface area contributed by atoms with Crippen LogP contribution >= 0.6 is 11.8 Å². The largest absolute Gasteiger partial charge is 0.465 e. The average Bonchev–Trinajstić information content (AvgIpc) is 2.35. The van der Waals surface area contributed by atoms with Crippen LogP contribution in [0.2, 0.25) is 0 Å². The van der Waals surface area contributed by atoms with E-state index in [9.17, 15) is 18.0 Å². The summed E-state index contributed by atoms with van der Waals surface area (Å²) in [7, 11) is 1.05. The lowest BCUT2D eigenvalue weighted by Gasteiger charge is -2.12. The Labute approximate surface area is 111 Å². The van der Waals surface area contributed by atoms with Crippen LogP contribution in [-0.4, -0.2) is 18.6 Å². The summed E-state index contributed by atoms with van der Waals surface area (Å²) < 4.78 is 41.7. The molecule has 0 amide bonds. The molecule has 0 aliphatic rings. The normalized spacial score (nSPS) is 10.9. The highest BCUT2D eigenvalue weighted by atomic mass is 32.2. The molecule has 0 spiro atoms. The fourth-order valence-corrected chi connectivity index (χ4v) is 2.08. The Hall–Kier alpha value is -1.72. The van der Waals surface area contributed by atoms with Crippen molar-refractivity contribution in [1.82, 2.24) is 0 Å². The number of benzene rings is 1. The maximum absolute atomic E-state index is 12.4. The van der Waals surface area contributed by atoms with Gasteiger partial charge in [-0.2, -0.15) is 18.4 Å². The molecule has 0 unspecified atom stereocenters. The highest BCUT2D eigenvalue weighted by molar-refractivity contribution is 8.00. The predicted octanol–water partition coefficient (Wildman–Crippen LogP) is 2.42. The second-order valence-corrected chi connectivity index (χ2v) is 4.47. The number of thioether (sulfide) groups is 1. The van der Waals surface area contributed by atoms with Crippen LogP contribution in [0.3, 0.4) is 0 Å². The van der Waals surface area contributed by atoms with Crippen LogP contribution in [0.1, 0.15) is 21.5 Å². The van der Waals surface area contributed by atoms with Crippen molar-refractivity contribution in [3.63, 3.8) is 0 Å². The van der Waals surface area contributed by atoms with Crippen LogP contribution in [0, 0.1) is 11.3 Å². The molecule has 0 radical (unpaired) electrons. The Morgan fingerprint density at radius 1 is 1.53 bits per heavy atom. The van der Waals surface area contributed by atoms with Gasteiger partial charge in [-0.3, -0.25) is 0 Å². The Bertz CT molecular complexity index is 538. The van der Waals surface area contributed by atoms with E-state index in [2.05, 4.69) is 4.74 Å². The monoisotopic (exact) mass is 290 g/mol. The number of rotatable bonds is 3. The van der Waals surface area contributed by atoms with Gasteiger partial charge >= 0.3 is 11.5 Å². The van der Waals surface area contributed by atoms with Gasteiger partial charge in [-0.1, -0.05) is 0 Å². The zero-order valence-electron chi connectivity index (χ0n) is 9.75. The molecular weight excluding hydrogens is 281 g/mol. The number of carbonyl (C=O) groups is 1. The first-order valence-electron chi connectivity index (χ1n) is 4.93. The fraction of sp³-hybridized carbons (Fsp3) is 0.273. The van der Waals surface area contributed by atoms with Crippen molar-refractivity contribution in [2.75, 3.05) is 7.11 Å². The molecule has 0 aromatic heterocycles. The van der Waals surface area contributed by atoms with E-state index in [0.717, 1.165) is 19.2 Å². The minimum Gasteiger partial charge on any atom is -0.465 e. The van der Waals surface area contributed by atoms with Crippen LogP contribution < -0.4 is 5.73 Å². The summed E-state index contributed by atoms with van der Waals surface area (Å²) in [4.78, 5) is 11.1. The second-order valence-electron chi connectivity index (χ2n) is 3.36. The Balaban J connectivity index is 3.41. The van der Waals surface area contributed by atoms with Gasteiger partial charge < -0.3 is 10.5 Å². The predicted molar refractivity (Wildman–Crippen MR) is 62.3 cm³/mol. The van der Waals surface area contributed by atoms with E-state index >= 15 is 0 Å². The topological polar surface area (TPSA) is 76.1 Å². The van der Waals surface area contributed by atoms with Gasteiger partial charge in [0.25, 0.3) is 0 Å². The maximum Gasteiger partial charge on any atom is 0.446 e. The van der Waals surface area contributed by atoms with Crippen molar-refractivity contribution in [2.24, 2.45) is 5.73 Å². The molecule has 0 aliphatic carbocycles. The lowest BCUT2D eigenvalue weighted by molar-refractivity contribution is -0.0328. The van der Waals surface area contributed by atoms with Gasteiger partial charge in [0.1, 0.15) is 0 Å². The minimum absolute atomic E-state index is 0.0504. The summed E-state index contributed by atoms with van der Waals surface area (Å²) in [5.41, 5.74) is 0.788. The van der Waals surface area contributed by atoms with E-state index in [1.807, 2.05) is 0 Å². The van der Waals surface area contributed by atoms with Crippen molar-refractivity contribution in [3.8, 4) is 6.07 Å². The summed E-state index contributed by atoms with van der Waals surface area (Å²) in [6.07, 6.45) is 0. The van der Waals surface area contributed by atoms with Crippen molar-refractivity contribution < 1.29 is 22.7 Å². The molecule has 0 aliphatic heterocycles. The highest BCUT2D eigenvalue weighted by Gasteiger charge is 2.32. The van der Waals surface area contributed by atoms with Gasteiger partial charge in [0.2, 0.25) is 0 Å². The van der Waals surface area contributed by atoms with Crippen LogP contribution in [0.15, 0.2) is 17.0 Å². The number of methoxy groups -OCH3 is 1. The van der Waals surface area contributed by atoms with Crippen LogP contribution in [-0.2, 0) is 11.3 Å². The third kappa shape index (κ3) is 3.87. The smallest absolute Gasteiger partial charge is 0.446 e. The van der Waals surface area contributed by atoms with E-state index in [4.69, 9.17) is 11.0 Å². The molecule has 0 fully saturated rings. The second kappa shape index (κ2) is 5.95. The van der Waals surface area contributed by atoms with Gasteiger partial charge in [0.05, 0.1) is 24.3 Å². The van der Waals surface area contributed by atoms with Crippen molar-refractivity contribution in [3.05, 3.63) is 28.8 Å². The van der Waals surface area contributed by atoms with Gasteiger partial charge in [0.15, 0.2) is 0 Å². The van der Waals surface area contributed by atoms with Crippen molar-refractivity contribution in [2.45, 2.75) is 16.9 Å². The molecule has 1 aromatic rings. The van der Waals surface area contributed by atoms with Crippen LogP contribution in [0.4, 0.5) is 13.2 Å². The molecule has 102 valence electrons. The summed E-state index contributed by atoms with van der Waals surface area (Å²) in [5, 5.41) is 8.87. The first-order chi connectivity index (χ1) is 8.82. The summed E-state index contributed by atoms with van der Waals surface area (Å²) in [5.74, 6) is -0.938. The zero-order chi connectivity index (χ0) is 14.6. The third-order valence-electron chi connectivity index (χ3n) is 2.18. The molecule has 1 rings (SSSR count). The molecule has 0 saturated heterocycles. The number of halogens is 3. The Morgan fingerprint density at radius 2 is 2.16 bits per heavy atom. The molecule has 0 atom stereocenters. The first-order valence-corrected chi connectivity index (χ1v) is 5.75. The van der Waals surface area contributed by atoms with Gasteiger partial charge in [-0.05, 0) is 29.5 Å². The van der Waals surface area contributed by atoms with Gasteiger partial charge in [-0.25, -0.2) is 4.79 Å². The standard InChI is InChI=1S/C11H9F3N2O2S/c1-18-10(17)8-2-6(4-15)7(5-16)3-9(8)19-11(12,13)14/h2-3H,5,16H2,1H3. The summed E-state index contributed by atoms with van der Waals surface area (Å²) in [6, 6.07) is 3.92. The van der Waals surface area contributed by atoms with Crippen molar-refractivity contribution in [1.29, 1.82) is 5.26 Å². The number of nitrogens with zero attached hydrogens (tertiary/aromatic N) is 1. The minimum atomic E-state index is -4.55. The molecule has 8 heteroatoms. The lowest BCUT2D eigenvalue weighted by atomic mass is 10.0. The van der Waals surface area contributed by atoms with Gasteiger partial charge in [0, 0.05) is 11.4 Å². The van der Waals surface area contributed by atoms with E-state index in [-0.39, 0.29) is 28.1 Å². The number of carbonyl (C=O) groups excluding carboxylic acids is 1. The number of hydrogen-bond donors (Lipinski definition) is 1. The molecule has 2 N–H and O–H groups in total. The SMILES string of the molecule is COC(=O)c1cc(C#N)c(CN)cc1SC(F)(F)F. The van der Waals surface area contributed by atoms with E-state index in [1.165, 1.54) is 0 Å². The number of ether oxygens (including phenoxy) is 1. The number of esters is 1. The van der Waals surface area contributed by atoms with Crippen LogP contribution in [0.25, 0.3) is 0 Å². The number of nitriles is 1. The molecule has 19 heavy (non-hydrogen) atoms. The molecule has 4 nitrogen and oxygen atoms in total. The number of alkyl halides is 3. The lowest BCUT2D eigenvalue weighted by Crippen LogP contribution is -2.10. The average molecular weight is 290 g/mol. The molecule has 0 heterocycles. The van der Waals surface area contributed by atoms with Crippen molar-refractivity contribution >= 4 is 17.7 Å². The first kappa shape index (κ1) is 15.3. The highest BCUT2D eigenvalue weighted by Crippen LogP contribution is 2.39. The zero-order valence-corrected chi connectivity index (χ0v) is 10.6. The third-order valence-corrected chi connectivity index (χ3v) is 2.97. The molecular formula is C11H9F3N2O2S. The van der Waals surface area contributed by atoms with E-state index < -0.39 is 23.2 Å². The number of hydrogen-bond acceptors (Lipinski definition) is 5. The molecule has 0 bridgehead atoms. The molecule has 0 saturated carbocycles. The molecule has 1 aromatic carbocycles. The van der Waals surface area contributed by atoms with E-state index in [1.54, 1.807) is 6.07 Å². The van der Waals surface area contributed by atoms with Crippen LogP contribution in [0.5, 0.6) is 0 Å².